The molecule has 3 rings (SSSR count). The van der Waals surface area contributed by atoms with Crippen LogP contribution in [0.5, 0.6) is 11.5 Å². The number of benzene rings is 1. The summed E-state index contributed by atoms with van der Waals surface area (Å²) in [5, 5.41) is 12.5. The first-order valence-corrected chi connectivity index (χ1v) is 6.87. The molecule has 0 radical (unpaired) electrons. The van der Waals surface area contributed by atoms with Crippen LogP contribution in [0.2, 0.25) is 0 Å². The molecular formula is C15H18N2O2. The summed E-state index contributed by atoms with van der Waals surface area (Å²) < 4.78 is 11.5. The van der Waals surface area contributed by atoms with E-state index in [0.717, 1.165) is 49.3 Å². The number of nitriles is 1. The van der Waals surface area contributed by atoms with Crippen LogP contribution in [0.25, 0.3) is 0 Å². The molecule has 1 aromatic rings. The van der Waals surface area contributed by atoms with Gasteiger partial charge in [0, 0.05) is 29.5 Å². The van der Waals surface area contributed by atoms with Gasteiger partial charge in [-0.25, -0.2) is 0 Å². The van der Waals surface area contributed by atoms with Crippen molar-refractivity contribution < 1.29 is 9.47 Å². The Morgan fingerprint density at radius 2 is 1.89 bits per heavy atom. The SMILES string of the molecule is CNCCCc1c2c(c(C#N)c3c1OCC3)OCC2. The number of nitrogens with zero attached hydrogens (tertiary/aromatic N) is 1. The van der Waals surface area contributed by atoms with Crippen LogP contribution in [-0.2, 0) is 19.3 Å². The molecule has 0 atom stereocenters. The molecule has 19 heavy (non-hydrogen) atoms. The van der Waals surface area contributed by atoms with Gasteiger partial charge in [0.1, 0.15) is 23.1 Å². The normalized spacial score (nSPS) is 15.4. The lowest BCUT2D eigenvalue weighted by Crippen LogP contribution is -2.09. The lowest BCUT2D eigenvalue weighted by Gasteiger charge is -2.14. The molecule has 4 nitrogen and oxygen atoms in total. The zero-order chi connectivity index (χ0) is 13.2. The van der Waals surface area contributed by atoms with Crippen LogP contribution >= 0.6 is 0 Å². The third-order valence-electron chi connectivity index (χ3n) is 3.88. The van der Waals surface area contributed by atoms with Crippen LogP contribution in [0.15, 0.2) is 0 Å². The van der Waals surface area contributed by atoms with E-state index in [4.69, 9.17) is 9.47 Å². The van der Waals surface area contributed by atoms with Gasteiger partial charge in [0.25, 0.3) is 0 Å². The summed E-state index contributed by atoms with van der Waals surface area (Å²) in [6.45, 7) is 2.36. The molecule has 0 saturated carbocycles. The van der Waals surface area contributed by atoms with E-state index < -0.39 is 0 Å². The average molecular weight is 258 g/mol. The number of hydrogen-bond acceptors (Lipinski definition) is 4. The van der Waals surface area contributed by atoms with E-state index in [1.165, 1.54) is 11.1 Å². The minimum atomic E-state index is 0.686. The summed E-state index contributed by atoms with van der Waals surface area (Å²) in [7, 11) is 1.97. The summed E-state index contributed by atoms with van der Waals surface area (Å²) in [6, 6.07) is 2.30. The van der Waals surface area contributed by atoms with Gasteiger partial charge in [-0.2, -0.15) is 5.26 Å². The van der Waals surface area contributed by atoms with Crippen molar-refractivity contribution in [1.82, 2.24) is 5.32 Å². The van der Waals surface area contributed by atoms with Gasteiger partial charge in [0.05, 0.1) is 13.2 Å². The first kappa shape index (κ1) is 12.3. The van der Waals surface area contributed by atoms with Gasteiger partial charge in [0.15, 0.2) is 0 Å². The van der Waals surface area contributed by atoms with E-state index in [1.807, 2.05) is 7.05 Å². The maximum Gasteiger partial charge on any atom is 0.141 e. The third-order valence-corrected chi connectivity index (χ3v) is 3.88. The highest BCUT2D eigenvalue weighted by atomic mass is 16.5. The lowest BCUT2D eigenvalue weighted by atomic mass is 9.92. The second kappa shape index (κ2) is 5.10. The Morgan fingerprint density at radius 3 is 2.63 bits per heavy atom. The van der Waals surface area contributed by atoms with Crippen molar-refractivity contribution in [3.8, 4) is 17.6 Å². The molecule has 1 aromatic carbocycles. The third kappa shape index (κ3) is 1.95. The van der Waals surface area contributed by atoms with Crippen molar-refractivity contribution in [2.24, 2.45) is 0 Å². The van der Waals surface area contributed by atoms with Crippen molar-refractivity contribution >= 4 is 0 Å². The van der Waals surface area contributed by atoms with E-state index in [1.54, 1.807) is 0 Å². The summed E-state index contributed by atoms with van der Waals surface area (Å²) in [4.78, 5) is 0. The second-order valence-electron chi connectivity index (χ2n) is 4.98. The van der Waals surface area contributed by atoms with Gasteiger partial charge in [-0.05, 0) is 26.4 Å². The number of fused-ring (bicyclic) bond motifs is 2. The highest BCUT2D eigenvalue weighted by Gasteiger charge is 2.30. The zero-order valence-corrected chi connectivity index (χ0v) is 11.2. The monoisotopic (exact) mass is 258 g/mol. The molecule has 2 aliphatic rings. The average Bonchev–Trinajstić information content (AvgIpc) is 3.06. The Balaban J connectivity index is 2.06. The standard InChI is InChI=1S/C15H18N2O2/c1-17-6-2-3-10-11-4-7-19-15(11)13(9-16)12-5-8-18-14(10)12/h17H,2-8H2,1H3. The minimum Gasteiger partial charge on any atom is -0.493 e. The highest BCUT2D eigenvalue weighted by Crippen LogP contribution is 2.44. The Kier molecular flexibility index (Phi) is 3.31. The molecule has 0 aliphatic carbocycles. The Morgan fingerprint density at radius 1 is 1.16 bits per heavy atom. The predicted octanol–water partition coefficient (Wildman–Crippen LogP) is 1.58. The summed E-state index contributed by atoms with van der Waals surface area (Å²) in [5.74, 6) is 1.79. The van der Waals surface area contributed by atoms with Crippen molar-refractivity contribution in [3.63, 3.8) is 0 Å². The molecule has 0 aromatic heterocycles. The molecule has 4 heteroatoms. The smallest absolute Gasteiger partial charge is 0.141 e. The molecule has 0 saturated heterocycles. The fourth-order valence-corrected chi connectivity index (χ4v) is 3.03. The fraction of sp³-hybridized carbons (Fsp3) is 0.533. The van der Waals surface area contributed by atoms with Crippen molar-refractivity contribution in [2.75, 3.05) is 26.8 Å². The van der Waals surface area contributed by atoms with Gasteiger partial charge in [-0.3, -0.25) is 0 Å². The fourth-order valence-electron chi connectivity index (χ4n) is 3.03. The topological polar surface area (TPSA) is 54.3 Å². The van der Waals surface area contributed by atoms with E-state index in [0.29, 0.717) is 18.8 Å². The van der Waals surface area contributed by atoms with E-state index in [2.05, 4.69) is 11.4 Å². The number of rotatable bonds is 4. The molecule has 1 N–H and O–H groups in total. The van der Waals surface area contributed by atoms with E-state index >= 15 is 0 Å². The maximum absolute atomic E-state index is 9.38. The largest absolute Gasteiger partial charge is 0.493 e. The van der Waals surface area contributed by atoms with Gasteiger partial charge in [0.2, 0.25) is 0 Å². The van der Waals surface area contributed by atoms with Crippen molar-refractivity contribution in [3.05, 3.63) is 22.3 Å². The van der Waals surface area contributed by atoms with Gasteiger partial charge < -0.3 is 14.8 Å². The first-order chi connectivity index (χ1) is 9.36. The van der Waals surface area contributed by atoms with Crippen LogP contribution in [-0.4, -0.2) is 26.8 Å². The quantitative estimate of drug-likeness (QED) is 0.833. The van der Waals surface area contributed by atoms with Gasteiger partial charge >= 0.3 is 0 Å². The van der Waals surface area contributed by atoms with E-state index in [-0.39, 0.29) is 0 Å². The number of nitrogens with one attached hydrogen (secondary N) is 1. The van der Waals surface area contributed by atoms with Crippen LogP contribution < -0.4 is 14.8 Å². The van der Waals surface area contributed by atoms with Crippen LogP contribution in [0, 0.1) is 11.3 Å². The Hall–Kier alpha value is -1.73. The van der Waals surface area contributed by atoms with Crippen LogP contribution in [0.1, 0.15) is 28.7 Å². The Labute approximate surface area is 113 Å². The predicted molar refractivity (Wildman–Crippen MR) is 71.8 cm³/mol. The molecule has 0 spiro atoms. The van der Waals surface area contributed by atoms with Crippen molar-refractivity contribution in [2.45, 2.75) is 25.7 Å². The molecule has 0 fully saturated rings. The van der Waals surface area contributed by atoms with Crippen molar-refractivity contribution in [1.29, 1.82) is 5.26 Å². The highest BCUT2D eigenvalue weighted by molar-refractivity contribution is 5.65. The lowest BCUT2D eigenvalue weighted by molar-refractivity contribution is 0.352. The summed E-state index contributed by atoms with van der Waals surface area (Å²) >= 11 is 0. The molecular weight excluding hydrogens is 240 g/mol. The maximum atomic E-state index is 9.38. The van der Waals surface area contributed by atoms with E-state index in [9.17, 15) is 5.26 Å². The number of ether oxygens (including phenoxy) is 2. The molecule has 2 aliphatic heterocycles. The summed E-state index contributed by atoms with van der Waals surface area (Å²) in [5.41, 5.74) is 4.24. The van der Waals surface area contributed by atoms with Crippen LogP contribution in [0.4, 0.5) is 0 Å². The van der Waals surface area contributed by atoms with Gasteiger partial charge in [-0.1, -0.05) is 0 Å². The number of hydrogen-bond donors (Lipinski definition) is 1. The minimum absolute atomic E-state index is 0.686. The molecule has 2 heterocycles. The Bertz CT molecular complexity index is 511. The summed E-state index contributed by atoms with van der Waals surface area (Å²) in [6.07, 6.45) is 3.79. The molecule has 0 unspecified atom stereocenters. The second-order valence-corrected chi connectivity index (χ2v) is 4.98. The molecule has 0 amide bonds. The molecule has 100 valence electrons. The first-order valence-electron chi connectivity index (χ1n) is 6.87. The van der Waals surface area contributed by atoms with Crippen LogP contribution in [0.3, 0.4) is 0 Å². The molecule has 0 bridgehead atoms. The zero-order valence-electron chi connectivity index (χ0n) is 11.2. The van der Waals surface area contributed by atoms with Gasteiger partial charge in [-0.15, -0.1) is 0 Å².